The number of anilines is 1. The van der Waals surface area contributed by atoms with E-state index in [-0.39, 0.29) is 12.0 Å². The summed E-state index contributed by atoms with van der Waals surface area (Å²) in [6, 6.07) is 12.0. The molecule has 0 fully saturated rings. The van der Waals surface area contributed by atoms with Crippen LogP contribution in [-0.4, -0.2) is 18.2 Å². The fourth-order valence-electron chi connectivity index (χ4n) is 3.18. The van der Waals surface area contributed by atoms with Crippen molar-refractivity contribution in [2.24, 2.45) is 5.92 Å². The van der Waals surface area contributed by atoms with Gasteiger partial charge in [-0.25, -0.2) is 4.79 Å². The van der Waals surface area contributed by atoms with E-state index in [2.05, 4.69) is 56.5 Å². The third kappa shape index (κ3) is 5.07. The minimum Gasteiger partial charge on any atom is -0.465 e. The van der Waals surface area contributed by atoms with Crippen molar-refractivity contribution in [1.29, 1.82) is 0 Å². The molecule has 1 unspecified atom stereocenters. The van der Waals surface area contributed by atoms with Crippen LogP contribution in [0.25, 0.3) is 0 Å². The Bertz CT molecular complexity index is 846. The molecule has 0 aliphatic heterocycles. The fraction of sp³-hybridized carbons (Fsp3) is 0.364. The third-order valence-electron chi connectivity index (χ3n) is 4.70. The average Bonchev–Trinajstić information content (AvgIpc) is 2.61. The van der Waals surface area contributed by atoms with Crippen LogP contribution < -0.4 is 10.6 Å². The third-order valence-corrected chi connectivity index (χ3v) is 4.92. The van der Waals surface area contributed by atoms with Gasteiger partial charge in [0.05, 0.1) is 18.7 Å². The van der Waals surface area contributed by atoms with Crippen molar-refractivity contribution in [2.75, 3.05) is 12.4 Å². The van der Waals surface area contributed by atoms with E-state index in [1.54, 1.807) is 6.07 Å². The van der Waals surface area contributed by atoms with Gasteiger partial charge in [0.25, 0.3) is 0 Å². The Labute approximate surface area is 167 Å². The Kier molecular flexibility index (Phi) is 6.97. The predicted molar refractivity (Wildman–Crippen MR) is 115 cm³/mol. The summed E-state index contributed by atoms with van der Waals surface area (Å²) >= 11 is 5.56. The Hall–Kier alpha value is -2.40. The van der Waals surface area contributed by atoms with Gasteiger partial charge in [0.2, 0.25) is 0 Å². The SMILES string of the molecule is COC(=O)c1cccc(NC(=S)NC(c2ccc(C)cc2C)C(C)C)c1C. The molecule has 0 spiro atoms. The van der Waals surface area contributed by atoms with Gasteiger partial charge in [-0.15, -0.1) is 0 Å². The van der Waals surface area contributed by atoms with Crippen molar-refractivity contribution >= 4 is 29.0 Å². The molecule has 0 saturated carbocycles. The summed E-state index contributed by atoms with van der Waals surface area (Å²) in [5.74, 6) is -0.000906. The Morgan fingerprint density at radius 1 is 1.11 bits per heavy atom. The van der Waals surface area contributed by atoms with Gasteiger partial charge in [-0.1, -0.05) is 43.7 Å². The maximum atomic E-state index is 11.9. The molecule has 4 nitrogen and oxygen atoms in total. The first-order valence-electron chi connectivity index (χ1n) is 9.07. The zero-order valence-corrected chi connectivity index (χ0v) is 17.7. The highest BCUT2D eigenvalue weighted by Crippen LogP contribution is 2.26. The van der Waals surface area contributed by atoms with Gasteiger partial charge < -0.3 is 15.4 Å². The minimum absolute atomic E-state index is 0.0923. The molecule has 27 heavy (non-hydrogen) atoms. The van der Waals surface area contributed by atoms with Crippen LogP contribution in [0.2, 0.25) is 0 Å². The highest BCUT2D eigenvalue weighted by atomic mass is 32.1. The number of esters is 1. The smallest absolute Gasteiger partial charge is 0.338 e. The van der Waals surface area contributed by atoms with Gasteiger partial charge >= 0.3 is 5.97 Å². The lowest BCUT2D eigenvalue weighted by Crippen LogP contribution is -2.35. The van der Waals surface area contributed by atoms with E-state index < -0.39 is 0 Å². The number of nitrogens with one attached hydrogen (secondary N) is 2. The summed E-state index contributed by atoms with van der Waals surface area (Å²) in [7, 11) is 1.38. The van der Waals surface area contributed by atoms with E-state index in [0.717, 1.165) is 11.3 Å². The quantitative estimate of drug-likeness (QED) is 0.556. The van der Waals surface area contributed by atoms with Gasteiger partial charge in [-0.05, 0) is 67.7 Å². The van der Waals surface area contributed by atoms with Crippen LogP contribution in [0, 0.1) is 26.7 Å². The minimum atomic E-state index is -0.356. The number of methoxy groups -OCH3 is 1. The lowest BCUT2D eigenvalue weighted by atomic mass is 9.92. The maximum Gasteiger partial charge on any atom is 0.338 e. The van der Waals surface area contributed by atoms with Crippen LogP contribution in [0.3, 0.4) is 0 Å². The molecular formula is C22H28N2O2S. The highest BCUT2D eigenvalue weighted by Gasteiger charge is 2.19. The van der Waals surface area contributed by atoms with Crippen LogP contribution in [0.15, 0.2) is 36.4 Å². The standard InChI is InChI=1S/C22H28N2O2S/c1-13(2)20(17-11-10-14(3)12-15(17)4)24-22(27)23-19-9-7-8-18(16(19)5)21(25)26-6/h7-13,20H,1-6H3,(H2,23,24,27). The van der Waals surface area contributed by atoms with Crippen LogP contribution in [0.4, 0.5) is 5.69 Å². The van der Waals surface area contributed by atoms with Crippen LogP contribution in [0.5, 0.6) is 0 Å². The summed E-state index contributed by atoms with van der Waals surface area (Å²) in [5, 5.41) is 7.19. The summed E-state index contributed by atoms with van der Waals surface area (Å²) < 4.78 is 4.84. The number of ether oxygens (including phenoxy) is 1. The van der Waals surface area contributed by atoms with Crippen molar-refractivity contribution in [3.8, 4) is 0 Å². The van der Waals surface area contributed by atoms with Crippen molar-refractivity contribution in [3.05, 3.63) is 64.2 Å². The van der Waals surface area contributed by atoms with E-state index in [1.165, 1.54) is 23.8 Å². The molecule has 2 aromatic carbocycles. The Morgan fingerprint density at radius 2 is 1.81 bits per heavy atom. The normalized spacial score (nSPS) is 11.8. The predicted octanol–water partition coefficient (Wildman–Crippen LogP) is 5.08. The van der Waals surface area contributed by atoms with Crippen molar-refractivity contribution in [2.45, 2.75) is 40.7 Å². The first kappa shape index (κ1) is 20.9. The van der Waals surface area contributed by atoms with E-state index in [1.807, 2.05) is 19.1 Å². The molecule has 2 rings (SSSR count). The number of aryl methyl sites for hydroxylation is 2. The highest BCUT2D eigenvalue weighted by molar-refractivity contribution is 7.80. The van der Waals surface area contributed by atoms with E-state index in [0.29, 0.717) is 16.6 Å². The Morgan fingerprint density at radius 3 is 2.41 bits per heavy atom. The van der Waals surface area contributed by atoms with Gasteiger partial charge in [0, 0.05) is 5.69 Å². The zero-order chi connectivity index (χ0) is 20.1. The zero-order valence-electron chi connectivity index (χ0n) is 16.8. The number of thiocarbonyl (C=S) groups is 1. The molecule has 0 aliphatic rings. The summed E-state index contributed by atoms with van der Waals surface area (Å²) in [4.78, 5) is 11.9. The molecule has 0 aromatic heterocycles. The molecule has 0 heterocycles. The van der Waals surface area contributed by atoms with Gasteiger partial charge in [-0.2, -0.15) is 0 Å². The maximum absolute atomic E-state index is 11.9. The van der Waals surface area contributed by atoms with E-state index in [4.69, 9.17) is 17.0 Å². The van der Waals surface area contributed by atoms with Crippen molar-refractivity contribution < 1.29 is 9.53 Å². The van der Waals surface area contributed by atoms with Crippen molar-refractivity contribution in [3.63, 3.8) is 0 Å². The van der Waals surface area contributed by atoms with Gasteiger partial charge in [-0.3, -0.25) is 0 Å². The van der Waals surface area contributed by atoms with Gasteiger partial charge in [0.1, 0.15) is 0 Å². The topological polar surface area (TPSA) is 50.4 Å². The second kappa shape index (κ2) is 9.00. The molecule has 144 valence electrons. The van der Waals surface area contributed by atoms with Crippen LogP contribution in [0.1, 0.15) is 52.5 Å². The van der Waals surface area contributed by atoms with E-state index in [9.17, 15) is 4.79 Å². The molecule has 2 aromatic rings. The average molecular weight is 385 g/mol. The molecule has 0 saturated heterocycles. The molecule has 0 amide bonds. The van der Waals surface area contributed by atoms with Crippen LogP contribution in [-0.2, 0) is 4.74 Å². The monoisotopic (exact) mass is 384 g/mol. The van der Waals surface area contributed by atoms with Crippen LogP contribution >= 0.6 is 12.2 Å². The number of carbonyl (C=O) groups excluding carboxylic acids is 1. The number of hydrogen-bond acceptors (Lipinski definition) is 3. The van der Waals surface area contributed by atoms with Crippen molar-refractivity contribution in [1.82, 2.24) is 5.32 Å². The molecule has 0 aliphatic carbocycles. The first-order valence-corrected chi connectivity index (χ1v) is 9.48. The second-order valence-electron chi connectivity index (χ2n) is 7.15. The largest absolute Gasteiger partial charge is 0.465 e. The molecular weight excluding hydrogens is 356 g/mol. The summed E-state index contributed by atoms with van der Waals surface area (Å²) in [5.41, 5.74) is 5.85. The summed E-state index contributed by atoms with van der Waals surface area (Å²) in [6.07, 6.45) is 0. The van der Waals surface area contributed by atoms with Gasteiger partial charge in [0.15, 0.2) is 5.11 Å². The lowest BCUT2D eigenvalue weighted by molar-refractivity contribution is 0.0600. The molecule has 0 radical (unpaired) electrons. The second-order valence-corrected chi connectivity index (χ2v) is 7.56. The first-order chi connectivity index (χ1) is 12.7. The van der Waals surface area contributed by atoms with E-state index >= 15 is 0 Å². The molecule has 1 atom stereocenters. The molecule has 2 N–H and O–H groups in total. The number of rotatable bonds is 5. The number of carbonyl (C=O) groups is 1. The number of hydrogen-bond donors (Lipinski definition) is 2. The molecule has 5 heteroatoms. The summed E-state index contributed by atoms with van der Waals surface area (Å²) in [6.45, 7) is 10.4. The number of benzene rings is 2. The molecule has 0 bridgehead atoms. The Balaban J connectivity index is 2.21. The lowest BCUT2D eigenvalue weighted by Gasteiger charge is -2.27. The fourth-order valence-corrected chi connectivity index (χ4v) is 3.42.